The molecule has 7 heteroatoms. The molecule has 4 heterocycles. The lowest BCUT2D eigenvalue weighted by molar-refractivity contribution is 0.120. The first-order valence-electron chi connectivity index (χ1n) is 8.14. The first kappa shape index (κ1) is 14.7. The Kier molecular flexibility index (Phi) is 3.36. The maximum Gasteiger partial charge on any atom is 0.275 e. The van der Waals surface area contributed by atoms with E-state index in [2.05, 4.69) is 9.88 Å². The number of para-hydroxylation sites is 2. The third-order valence-electron chi connectivity index (χ3n) is 4.35. The van der Waals surface area contributed by atoms with Gasteiger partial charge in [0.15, 0.2) is 10.8 Å². The summed E-state index contributed by atoms with van der Waals surface area (Å²) in [5.41, 5.74) is 1.62. The van der Waals surface area contributed by atoms with Crippen LogP contribution in [0.2, 0.25) is 0 Å². The maximum absolute atomic E-state index is 12.7. The van der Waals surface area contributed by atoms with Gasteiger partial charge in [-0.25, -0.2) is 9.38 Å². The zero-order valence-electron chi connectivity index (χ0n) is 13.3. The lowest BCUT2D eigenvalue weighted by Gasteiger charge is -2.26. The minimum atomic E-state index is -0.0574. The fourth-order valence-corrected chi connectivity index (χ4v) is 4.08. The number of benzene rings is 1. The summed E-state index contributed by atoms with van der Waals surface area (Å²) in [4.78, 5) is 20.1. The van der Waals surface area contributed by atoms with Crippen molar-refractivity contribution in [2.24, 2.45) is 0 Å². The maximum atomic E-state index is 12.7. The van der Waals surface area contributed by atoms with Gasteiger partial charge in [0.25, 0.3) is 5.56 Å². The molecule has 1 aliphatic heterocycles. The molecule has 0 bridgehead atoms. The minimum absolute atomic E-state index is 0.0574. The highest BCUT2D eigenvalue weighted by Crippen LogP contribution is 2.20. The molecular formula is C18H15N3O3S. The van der Waals surface area contributed by atoms with Gasteiger partial charge >= 0.3 is 0 Å². The Morgan fingerprint density at radius 2 is 1.96 bits per heavy atom. The van der Waals surface area contributed by atoms with Crippen molar-refractivity contribution < 1.29 is 9.15 Å². The highest BCUT2D eigenvalue weighted by atomic mass is 32.1. The molecule has 1 fully saturated rings. The average Bonchev–Trinajstić information content (AvgIpc) is 3.32. The van der Waals surface area contributed by atoms with E-state index in [9.17, 15) is 4.79 Å². The van der Waals surface area contributed by atoms with Gasteiger partial charge in [0.2, 0.25) is 0 Å². The van der Waals surface area contributed by atoms with Gasteiger partial charge in [0, 0.05) is 25.2 Å². The van der Waals surface area contributed by atoms with Gasteiger partial charge in [-0.1, -0.05) is 23.5 Å². The van der Waals surface area contributed by atoms with Crippen LogP contribution in [-0.2, 0) is 4.74 Å². The van der Waals surface area contributed by atoms with Crippen LogP contribution in [0.4, 0.5) is 5.88 Å². The Labute approximate surface area is 146 Å². The second-order valence-corrected chi connectivity index (χ2v) is 6.92. The number of imidazole rings is 1. The molecule has 1 saturated heterocycles. The van der Waals surface area contributed by atoms with Crippen LogP contribution in [0.15, 0.2) is 45.6 Å². The molecule has 4 aromatic rings. The minimum Gasteiger partial charge on any atom is -0.441 e. The molecule has 25 heavy (non-hydrogen) atoms. The van der Waals surface area contributed by atoms with Crippen molar-refractivity contribution in [3.05, 3.63) is 57.0 Å². The third kappa shape index (κ3) is 2.43. The van der Waals surface area contributed by atoms with Crippen molar-refractivity contribution in [1.82, 2.24) is 9.38 Å². The monoisotopic (exact) mass is 353 g/mol. The van der Waals surface area contributed by atoms with Crippen LogP contribution in [0.3, 0.4) is 0 Å². The van der Waals surface area contributed by atoms with E-state index in [0.29, 0.717) is 28.5 Å². The SMILES string of the molecule is O=c1/c(=C/c2ccc(N3CCOCC3)o2)sc2nc3ccccc3n12. The molecule has 1 aromatic carbocycles. The summed E-state index contributed by atoms with van der Waals surface area (Å²) in [5, 5.41) is 0. The molecule has 0 aliphatic carbocycles. The number of furan rings is 1. The van der Waals surface area contributed by atoms with Gasteiger partial charge in [-0.15, -0.1) is 0 Å². The first-order valence-corrected chi connectivity index (χ1v) is 8.95. The summed E-state index contributed by atoms with van der Waals surface area (Å²) in [7, 11) is 0. The Balaban J connectivity index is 1.57. The van der Waals surface area contributed by atoms with E-state index in [1.807, 2.05) is 36.4 Å². The molecule has 5 rings (SSSR count). The van der Waals surface area contributed by atoms with E-state index in [-0.39, 0.29) is 5.56 Å². The number of hydrogen-bond donors (Lipinski definition) is 0. The quantitative estimate of drug-likeness (QED) is 0.551. The number of fused-ring (bicyclic) bond motifs is 3. The molecule has 0 saturated carbocycles. The molecule has 6 nitrogen and oxygen atoms in total. The van der Waals surface area contributed by atoms with Gasteiger partial charge in [-0.3, -0.25) is 4.79 Å². The third-order valence-corrected chi connectivity index (χ3v) is 5.32. The fraction of sp³-hybridized carbons (Fsp3) is 0.222. The normalized spacial score (nSPS) is 16.3. The van der Waals surface area contributed by atoms with Crippen LogP contribution in [-0.4, -0.2) is 35.7 Å². The van der Waals surface area contributed by atoms with Crippen LogP contribution in [0.25, 0.3) is 22.1 Å². The van der Waals surface area contributed by atoms with Crippen molar-refractivity contribution in [3.63, 3.8) is 0 Å². The largest absolute Gasteiger partial charge is 0.441 e. The summed E-state index contributed by atoms with van der Waals surface area (Å²) < 4.78 is 13.5. The Morgan fingerprint density at radius 1 is 1.12 bits per heavy atom. The molecular weight excluding hydrogens is 338 g/mol. The number of rotatable bonds is 2. The summed E-state index contributed by atoms with van der Waals surface area (Å²) in [6, 6.07) is 11.5. The van der Waals surface area contributed by atoms with Crippen molar-refractivity contribution in [3.8, 4) is 0 Å². The van der Waals surface area contributed by atoms with E-state index < -0.39 is 0 Å². The van der Waals surface area contributed by atoms with Crippen molar-refractivity contribution in [2.75, 3.05) is 31.2 Å². The molecule has 3 aromatic heterocycles. The van der Waals surface area contributed by atoms with Crippen molar-refractivity contribution in [1.29, 1.82) is 0 Å². The fourth-order valence-electron chi connectivity index (χ4n) is 3.11. The van der Waals surface area contributed by atoms with E-state index >= 15 is 0 Å². The van der Waals surface area contributed by atoms with Crippen molar-refractivity contribution >= 4 is 39.3 Å². The highest BCUT2D eigenvalue weighted by Gasteiger charge is 2.15. The number of morpholine rings is 1. The predicted molar refractivity (Wildman–Crippen MR) is 97.4 cm³/mol. The molecule has 0 spiro atoms. The molecule has 0 atom stereocenters. The number of thiazole rings is 1. The van der Waals surface area contributed by atoms with E-state index in [0.717, 1.165) is 30.0 Å². The first-order chi connectivity index (χ1) is 12.3. The van der Waals surface area contributed by atoms with Crippen LogP contribution in [0.1, 0.15) is 5.76 Å². The van der Waals surface area contributed by atoms with Gasteiger partial charge in [0.05, 0.1) is 24.2 Å². The van der Waals surface area contributed by atoms with Gasteiger partial charge in [-0.05, 0) is 18.2 Å². The summed E-state index contributed by atoms with van der Waals surface area (Å²) >= 11 is 1.38. The van der Waals surface area contributed by atoms with Crippen LogP contribution < -0.4 is 15.0 Å². The van der Waals surface area contributed by atoms with E-state index in [1.165, 1.54) is 11.3 Å². The van der Waals surface area contributed by atoms with Gasteiger partial charge < -0.3 is 14.1 Å². The molecule has 0 amide bonds. The molecule has 0 radical (unpaired) electrons. The molecule has 0 unspecified atom stereocenters. The van der Waals surface area contributed by atoms with Gasteiger partial charge in [-0.2, -0.15) is 0 Å². The predicted octanol–water partition coefficient (Wildman–Crippen LogP) is 1.89. The number of ether oxygens (including phenoxy) is 1. The number of aromatic nitrogens is 2. The van der Waals surface area contributed by atoms with Crippen LogP contribution in [0, 0.1) is 0 Å². The Bertz CT molecular complexity index is 1170. The lowest BCUT2D eigenvalue weighted by Crippen LogP contribution is -2.35. The summed E-state index contributed by atoms with van der Waals surface area (Å²) in [6.07, 6.45) is 1.79. The van der Waals surface area contributed by atoms with E-state index in [1.54, 1.807) is 10.5 Å². The smallest absolute Gasteiger partial charge is 0.275 e. The van der Waals surface area contributed by atoms with E-state index in [4.69, 9.17) is 9.15 Å². The Hall–Kier alpha value is -2.64. The number of hydrogen-bond acceptors (Lipinski definition) is 6. The van der Waals surface area contributed by atoms with Crippen molar-refractivity contribution in [2.45, 2.75) is 0 Å². The standard InChI is InChI=1S/C18H15N3O3S/c22-17-15(25-18-19-13-3-1-2-4-14(13)21(17)18)11-12-5-6-16(24-12)20-7-9-23-10-8-20/h1-6,11H,7-10H2/b15-11-. The lowest BCUT2D eigenvalue weighted by atomic mass is 10.3. The average molecular weight is 353 g/mol. The highest BCUT2D eigenvalue weighted by molar-refractivity contribution is 7.15. The van der Waals surface area contributed by atoms with Crippen LogP contribution in [0.5, 0.6) is 0 Å². The zero-order valence-corrected chi connectivity index (χ0v) is 14.2. The topological polar surface area (TPSA) is 60.0 Å². The number of nitrogens with zero attached hydrogens (tertiary/aromatic N) is 3. The Morgan fingerprint density at radius 3 is 2.84 bits per heavy atom. The zero-order chi connectivity index (χ0) is 16.8. The van der Waals surface area contributed by atoms with Gasteiger partial charge in [0.1, 0.15) is 10.3 Å². The summed E-state index contributed by atoms with van der Waals surface area (Å²) in [6.45, 7) is 3.05. The number of anilines is 1. The second-order valence-electron chi connectivity index (χ2n) is 5.91. The molecule has 126 valence electrons. The summed E-state index contributed by atoms with van der Waals surface area (Å²) in [5.74, 6) is 1.49. The van der Waals surface area contributed by atoms with Crippen LogP contribution >= 0.6 is 11.3 Å². The molecule has 1 aliphatic rings. The molecule has 0 N–H and O–H groups in total. The second kappa shape index (κ2) is 5.72.